The van der Waals surface area contributed by atoms with E-state index in [1.807, 2.05) is 18.2 Å². The van der Waals surface area contributed by atoms with Crippen molar-refractivity contribution in [2.75, 3.05) is 12.3 Å². The molecule has 10 heteroatoms. The maximum absolute atomic E-state index is 11.3. The average Bonchev–Trinajstić information content (AvgIpc) is 2.77. The number of aryl methyl sites for hydroxylation is 1. The number of nitrogen functional groups attached to an aromatic ring is 1. The number of nitrogens with zero attached hydrogens (tertiary/aromatic N) is 1. The van der Waals surface area contributed by atoms with Crippen LogP contribution >= 0.6 is 36.4 Å². The average molecular weight is 527 g/mol. The molecule has 4 rings (SSSR count). The molecule has 0 unspecified atom stereocenters. The fraction of sp³-hybridized carbons (Fsp3) is 0.250. The van der Waals surface area contributed by atoms with E-state index in [9.17, 15) is 15.0 Å². The van der Waals surface area contributed by atoms with Crippen molar-refractivity contribution in [3.8, 4) is 11.5 Å². The minimum absolute atomic E-state index is 0. The number of aromatic nitrogens is 1. The zero-order valence-corrected chi connectivity index (χ0v) is 20.5. The SMILES string of the molecule is Cl.Cl.Nc1cc(Oc2ccc3c(c2)C[C@@H](NC[C@@H](O)c2ccc(Cl)nc2)CC3)cc(C(=O)O)c1. The second-order valence-electron chi connectivity index (χ2n) is 7.91. The molecule has 0 bridgehead atoms. The van der Waals surface area contributed by atoms with Crippen LogP contribution < -0.4 is 15.8 Å². The highest BCUT2D eigenvalue weighted by molar-refractivity contribution is 6.29. The van der Waals surface area contributed by atoms with Crippen LogP contribution in [0.15, 0.2) is 54.7 Å². The first-order valence-corrected chi connectivity index (χ1v) is 10.7. The molecular formula is C24H26Cl3N3O4. The summed E-state index contributed by atoms with van der Waals surface area (Å²) < 4.78 is 5.90. The summed E-state index contributed by atoms with van der Waals surface area (Å²) in [6.07, 6.45) is 3.61. The Morgan fingerprint density at radius 1 is 1.15 bits per heavy atom. The molecule has 1 aliphatic rings. The molecule has 1 heterocycles. The predicted octanol–water partition coefficient (Wildman–Crippen LogP) is 4.83. The second-order valence-corrected chi connectivity index (χ2v) is 8.29. The Kier molecular flexibility index (Phi) is 9.97. The van der Waals surface area contributed by atoms with Gasteiger partial charge in [-0.05, 0) is 60.7 Å². The lowest BCUT2D eigenvalue weighted by molar-refractivity contribution is 0.0696. The number of aliphatic hydroxyl groups excluding tert-OH is 1. The van der Waals surface area contributed by atoms with Crippen LogP contribution in [0.3, 0.4) is 0 Å². The number of fused-ring (bicyclic) bond motifs is 1. The minimum Gasteiger partial charge on any atom is -0.478 e. The molecule has 182 valence electrons. The Morgan fingerprint density at radius 3 is 2.65 bits per heavy atom. The molecule has 2 aromatic carbocycles. The molecule has 0 aliphatic heterocycles. The zero-order valence-electron chi connectivity index (χ0n) is 18.1. The Morgan fingerprint density at radius 2 is 1.94 bits per heavy atom. The largest absolute Gasteiger partial charge is 0.478 e. The van der Waals surface area contributed by atoms with E-state index in [1.165, 1.54) is 17.7 Å². The normalized spacial score (nSPS) is 15.3. The molecule has 0 fully saturated rings. The van der Waals surface area contributed by atoms with E-state index in [2.05, 4.69) is 10.3 Å². The summed E-state index contributed by atoms with van der Waals surface area (Å²) in [5, 5.41) is 23.5. The van der Waals surface area contributed by atoms with Crippen molar-refractivity contribution in [3.63, 3.8) is 0 Å². The number of carboxylic acids is 1. The van der Waals surface area contributed by atoms with Crippen molar-refractivity contribution in [3.05, 3.63) is 82.1 Å². The van der Waals surface area contributed by atoms with Gasteiger partial charge in [0.2, 0.25) is 0 Å². The molecule has 0 spiro atoms. The van der Waals surface area contributed by atoms with Gasteiger partial charge in [-0.2, -0.15) is 0 Å². The van der Waals surface area contributed by atoms with Gasteiger partial charge in [-0.25, -0.2) is 9.78 Å². The Bertz CT molecular complexity index is 1130. The quantitative estimate of drug-likeness (QED) is 0.257. The van der Waals surface area contributed by atoms with E-state index in [4.69, 9.17) is 22.1 Å². The van der Waals surface area contributed by atoms with Gasteiger partial charge in [-0.1, -0.05) is 23.7 Å². The van der Waals surface area contributed by atoms with Crippen molar-refractivity contribution in [2.24, 2.45) is 0 Å². The van der Waals surface area contributed by atoms with E-state index < -0.39 is 12.1 Å². The van der Waals surface area contributed by atoms with E-state index in [0.717, 1.165) is 30.4 Å². The van der Waals surface area contributed by atoms with Crippen molar-refractivity contribution in [1.82, 2.24) is 10.3 Å². The number of carboxylic acid groups (broad SMARTS) is 1. The maximum Gasteiger partial charge on any atom is 0.335 e. The number of aromatic carboxylic acids is 1. The summed E-state index contributed by atoms with van der Waals surface area (Å²) in [5.74, 6) is -0.0516. The molecule has 5 N–H and O–H groups in total. The standard InChI is InChI=1S/C24H24ClN3O4.2ClH/c25-23-6-3-15(12-28-23)22(29)13-27-19-4-1-14-2-5-20(9-16(14)8-19)32-21-10-17(24(30)31)7-18(26)11-21;;/h2-3,5-7,9-12,19,22,27,29H,1,4,8,13,26H2,(H,30,31);2*1H/t19-,22+;;/m0../s1. The summed E-state index contributed by atoms with van der Waals surface area (Å²) >= 11 is 5.81. The van der Waals surface area contributed by atoms with E-state index in [1.54, 1.807) is 24.4 Å². The van der Waals surface area contributed by atoms with E-state index in [0.29, 0.717) is 28.9 Å². The lowest BCUT2D eigenvalue weighted by Gasteiger charge is -2.27. The number of anilines is 1. The number of pyridine rings is 1. The van der Waals surface area contributed by atoms with Gasteiger partial charge in [-0.3, -0.25) is 0 Å². The predicted molar refractivity (Wildman–Crippen MR) is 137 cm³/mol. The number of benzene rings is 2. The number of nitrogens with one attached hydrogen (secondary N) is 1. The van der Waals surface area contributed by atoms with Crippen LogP contribution in [0.4, 0.5) is 5.69 Å². The topological polar surface area (TPSA) is 118 Å². The Labute approximate surface area is 215 Å². The zero-order chi connectivity index (χ0) is 22.7. The van der Waals surface area contributed by atoms with Crippen LogP contribution in [0.5, 0.6) is 11.5 Å². The van der Waals surface area contributed by atoms with Crippen molar-refractivity contribution in [1.29, 1.82) is 0 Å². The first-order valence-electron chi connectivity index (χ1n) is 10.3. The third kappa shape index (κ3) is 6.98. The van der Waals surface area contributed by atoms with Crippen LogP contribution in [-0.2, 0) is 12.8 Å². The highest BCUT2D eigenvalue weighted by Gasteiger charge is 2.20. The summed E-state index contributed by atoms with van der Waals surface area (Å²) in [6.45, 7) is 0.417. The van der Waals surface area contributed by atoms with Gasteiger partial charge in [0.15, 0.2) is 0 Å². The van der Waals surface area contributed by atoms with E-state index in [-0.39, 0.29) is 36.4 Å². The summed E-state index contributed by atoms with van der Waals surface area (Å²) in [6, 6.07) is 14.0. The number of hydrogen-bond acceptors (Lipinski definition) is 6. The Balaban J connectivity index is 0.00000204. The molecule has 1 aromatic heterocycles. The third-order valence-electron chi connectivity index (χ3n) is 5.55. The van der Waals surface area contributed by atoms with Crippen LogP contribution in [0.25, 0.3) is 0 Å². The number of hydrogen-bond donors (Lipinski definition) is 4. The Hall–Kier alpha value is -2.55. The molecule has 1 aliphatic carbocycles. The molecular weight excluding hydrogens is 501 g/mol. The third-order valence-corrected chi connectivity index (χ3v) is 5.78. The fourth-order valence-corrected chi connectivity index (χ4v) is 4.00. The van der Waals surface area contributed by atoms with Gasteiger partial charge in [-0.15, -0.1) is 24.8 Å². The summed E-state index contributed by atoms with van der Waals surface area (Å²) in [4.78, 5) is 15.3. The lowest BCUT2D eigenvalue weighted by Crippen LogP contribution is -2.37. The van der Waals surface area contributed by atoms with Crippen LogP contribution in [0, 0.1) is 0 Å². The van der Waals surface area contributed by atoms with Gasteiger partial charge in [0.25, 0.3) is 0 Å². The van der Waals surface area contributed by atoms with Crippen LogP contribution in [-0.4, -0.2) is 33.8 Å². The van der Waals surface area contributed by atoms with Gasteiger partial charge in [0.1, 0.15) is 16.7 Å². The molecule has 0 radical (unpaired) electrons. The monoisotopic (exact) mass is 525 g/mol. The maximum atomic E-state index is 11.3. The van der Waals surface area contributed by atoms with Gasteiger partial charge in [0, 0.05) is 36.1 Å². The molecule has 34 heavy (non-hydrogen) atoms. The van der Waals surface area contributed by atoms with Crippen molar-refractivity contribution < 1.29 is 19.7 Å². The molecule has 3 aromatic rings. The van der Waals surface area contributed by atoms with Crippen molar-refractivity contribution >= 4 is 48.1 Å². The molecule has 0 saturated heterocycles. The van der Waals surface area contributed by atoms with Gasteiger partial charge >= 0.3 is 5.97 Å². The van der Waals surface area contributed by atoms with Crippen molar-refractivity contribution in [2.45, 2.75) is 31.4 Å². The van der Waals surface area contributed by atoms with E-state index >= 15 is 0 Å². The van der Waals surface area contributed by atoms with Gasteiger partial charge in [0.05, 0.1) is 11.7 Å². The molecule has 0 amide bonds. The van der Waals surface area contributed by atoms with Crippen LogP contribution in [0.2, 0.25) is 5.15 Å². The first-order chi connectivity index (χ1) is 15.4. The summed E-state index contributed by atoms with van der Waals surface area (Å²) in [7, 11) is 0. The number of aliphatic hydroxyl groups is 1. The minimum atomic E-state index is -1.06. The number of carbonyl (C=O) groups is 1. The molecule has 2 atom stereocenters. The molecule has 7 nitrogen and oxygen atoms in total. The van der Waals surface area contributed by atoms with Crippen LogP contribution in [0.1, 0.15) is 39.6 Å². The number of nitrogens with two attached hydrogens (primary N) is 1. The first kappa shape index (κ1) is 27.7. The summed E-state index contributed by atoms with van der Waals surface area (Å²) in [5.41, 5.74) is 9.36. The smallest absolute Gasteiger partial charge is 0.335 e. The van der Waals surface area contributed by atoms with Gasteiger partial charge < -0.3 is 26.0 Å². The lowest BCUT2D eigenvalue weighted by atomic mass is 9.88. The molecule has 0 saturated carbocycles. The highest BCUT2D eigenvalue weighted by atomic mass is 35.5. The second kappa shape index (κ2) is 12.2. The number of halogens is 3. The number of rotatable bonds is 7. The highest BCUT2D eigenvalue weighted by Crippen LogP contribution is 2.30. The fourth-order valence-electron chi connectivity index (χ4n) is 3.89. The number of ether oxygens (including phenoxy) is 1.